The van der Waals surface area contributed by atoms with Crippen molar-refractivity contribution >= 4 is 11.8 Å². The Morgan fingerprint density at radius 2 is 1.96 bits per heavy atom. The van der Waals surface area contributed by atoms with Gasteiger partial charge in [-0.3, -0.25) is 4.79 Å². The fourth-order valence-corrected chi connectivity index (χ4v) is 3.03. The molecule has 2 aromatic rings. The lowest BCUT2D eigenvalue weighted by Gasteiger charge is -2.31. The van der Waals surface area contributed by atoms with Crippen LogP contribution in [0.1, 0.15) is 12.8 Å². The summed E-state index contributed by atoms with van der Waals surface area (Å²) < 4.78 is 10.6. The Morgan fingerprint density at radius 1 is 1.16 bits per heavy atom. The second-order valence-electron chi connectivity index (χ2n) is 5.97. The average Bonchev–Trinajstić information content (AvgIpc) is 2.67. The van der Waals surface area contributed by atoms with Crippen molar-refractivity contribution < 1.29 is 19.4 Å². The van der Waals surface area contributed by atoms with Crippen LogP contribution in [0, 0.1) is 5.92 Å². The standard InChI is InChI=1S/C18H21N3O4/c1-24-15-7-5-12(10-16(15)25-2)14-6-8-17(20-19-14)21-9-3-4-13(11-21)18(22)23/h5-8,10,13H,3-4,9,11H2,1-2H3,(H,22,23). The summed E-state index contributed by atoms with van der Waals surface area (Å²) in [4.78, 5) is 13.2. The summed E-state index contributed by atoms with van der Waals surface area (Å²) in [6.45, 7) is 1.27. The first-order valence-electron chi connectivity index (χ1n) is 8.16. The zero-order chi connectivity index (χ0) is 17.8. The van der Waals surface area contributed by atoms with Crippen LogP contribution in [-0.2, 0) is 4.79 Å². The molecule has 1 aliphatic rings. The minimum absolute atomic E-state index is 0.346. The van der Waals surface area contributed by atoms with Crippen LogP contribution in [0.5, 0.6) is 11.5 Å². The summed E-state index contributed by atoms with van der Waals surface area (Å²) in [7, 11) is 3.18. The minimum atomic E-state index is -0.750. The predicted molar refractivity (Wildman–Crippen MR) is 93.1 cm³/mol. The number of carbonyl (C=O) groups is 1. The molecule has 132 valence electrons. The molecule has 3 rings (SSSR count). The number of carboxylic acid groups (broad SMARTS) is 1. The van der Waals surface area contributed by atoms with Crippen LogP contribution in [0.15, 0.2) is 30.3 Å². The molecule has 1 aromatic carbocycles. The summed E-state index contributed by atoms with van der Waals surface area (Å²) in [5.74, 6) is 0.894. The largest absolute Gasteiger partial charge is 0.493 e. The van der Waals surface area contributed by atoms with Gasteiger partial charge in [0, 0.05) is 18.7 Å². The Bertz CT molecular complexity index is 748. The Morgan fingerprint density at radius 3 is 2.60 bits per heavy atom. The molecule has 0 radical (unpaired) electrons. The molecule has 2 heterocycles. The van der Waals surface area contributed by atoms with Crippen molar-refractivity contribution in [2.45, 2.75) is 12.8 Å². The van der Waals surface area contributed by atoms with E-state index in [9.17, 15) is 9.90 Å². The number of nitrogens with zero attached hydrogens (tertiary/aromatic N) is 3. The molecule has 0 amide bonds. The van der Waals surface area contributed by atoms with E-state index in [4.69, 9.17) is 9.47 Å². The summed E-state index contributed by atoms with van der Waals surface area (Å²) in [5.41, 5.74) is 1.59. The van der Waals surface area contributed by atoms with Crippen molar-refractivity contribution in [3.05, 3.63) is 30.3 Å². The summed E-state index contributed by atoms with van der Waals surface area (Å²) in [5, 5.41) is 17.8. The number of hydrogen-bond acceptors (Lipinski definition) is 6. The molecule has 1 atom stereocenters. The molecule has 0 aliphatic carbocycles. The Hall–Kier alpha value is -2.83. The number of carboxylic acids is 1. The van der Waals surface area contributed by atoms with Crippen LogP contribution < -0.4 is 14.4 Å². The van der Waals surface area contributed by atoms with Crippen LogP contribution in [0.4, 0.5) is 5.82 Å². The first-order chi connectivity index (χ1) is 12.1. The van der Waals surface area contributed by atoms with E-state index in [-0.39, 0.29) is 5.92 Å². The van der Waals surface area contributed by atoms with Gasteiger partial charge in [-0.15, -0.1) is 10.2 Å². The number of hydrogen-bond donors (Lipinski definition) is 1. The van der Waals surface area contributed by atoms with Gasteiger partial charge in [-0.1, -0.05) is 0 Å². The van der Waals surface area contributed by atoms with Gasteiger partial charge in [0.2, 0.25) is 0 Å². The van der Waals surface area contributed by atoms with E-state index in [2.05, 4.69) is 10.2 Å². The minimum Gasteiger partial charge on any atom is -0.493 e. The second kappa shape index (κ2) is 7.38. The quantitative estimate of drug-likeness (QED) is 0.892. The van der Waals surface area contributed by atoms with Gasteiger partial charge < -0.3 is 19.5 Å². The highest BCUT2D eigenvalue weighted by Gasteiger charge is 2.26. The molecule has 1 aromatic heterocycles. The van der Waals surface area contributed by atoms with E-state index in [0.717, 1.165) is 24.2 Å². The van der Waals surface area contributed by atoms with Crippen molar-refractivity contribution in [3.8, 4) is 22.8 Å². The molecule has 1 saturated heterocycles. The molecule has 7 nitrogen and oxygen atoms in total. The van der Waals surface area contributed by atoms with Crippen molar-refractivity contribution in [1.29, 1.82) is 0 Å². The monoisotopic (exact) mass is 343 g/mol. The smallest absolute Gasteiger partial charge is 0.308 e. The number of piperidine rings is 1. The SMILES string of the molecule is COc1ccc(-c2ccc(N3CCCC(C(=O)O)C3)nn2)cc1OC. The Labute approximate surface area is 146 Å². The van der Waals surface area contributed by atoms with Gasteiger partial charge >= 0.3 is 5.97 Å². The lowest BCUT2D eigenvalue weighted by molar-refractivity contribution is -0.141. The third-order valence-corrected chi connectivity index (χ3v) is 4.42. The highest BCUT2D eigenvalue weighted by Crippen LogP contribution is 2.31. The number of methoxy groups -OCH3 is 2. The molecule has 1 N–H and O–H groups in total. The molecule has 1 fully saturated rings. The average molecular weight is 343 g/mol. The fraction of sp³-hybridized carbons (Fsp3) is 0.389. The maximum Gasteiger partial charge on any atom is 0.308 e. The van der Waals surface area contributed by atoms with Crippen LogP contribution in [0.3, 0.4) is 0 Å². The molecule has 25 heavy (non-hydrogen) atoms. The van der Waals surface area contributed by atoms with Crippen LogP contribution in [0.25, 0.3) is 11.3 Å². The van der Waals surface area contributed by atoms with E-state index in [0.29, 0.717) is 30.3 Å². The van der Waals surface area contributed by atoms with Gasteiger partial charge in [0.1, 0.15) is 0 Å². The van der Waals surface area contributed by atoms with Gasteiger partial charge in [0.15, 0.2) is 17.3 Å². The van der Waals surface area contributed by atoms with Crippen molar-refractivity contribution in [2.75, 3.05) is 32.2 Å². The van der Waals surface area contributed by atoms with E-state index < -0.39 is 5.97 Å². The van der Waals surface area contributed by atoms with Gasteiger partial charge in [-0.25, -0.2) is 0 Å². The lowest BCUT2D eigenvalue weighted by atomic mass is 9.98. The number of ether oxygens (including phenoxy) is 2. The highest BCUT2D eigenvalue weighted by atomic mass is 16.5. The second-order valence-corrected chi connectivity index (χ2v) is 5.97. The maximum absolute atomic E-state index is 11.2. The van der Waals surface area contributed by atoms with Crippen molar-refractivity contribution in [1.82, 2.24) is 10.2 Å². The molecule has 7 heteroatoms. The van der Waals surface area contributed by atoms with Gasteiger partial charge in [-0.05, 0) is 43.2 Å². The van der Waals surface area contributed by atoms with E-state index in [1.165, 1.54) is 0 Å². The fourth-order valence-electron chi connectivity index (χ4n) is 3.03. The maximum atomic E-state index is 11.2. The van der Waals surface area contributed by atoms with E-state index in [1.54, 1.807) is 14.2 Å². The van der Waals surface area contributed by atoms with Gasteiger partial charge in [-0.2, -0.15) is 0 Å². The first-order valence-corrected chi connectivity index (χ1v) is 8.16. The number of aromatic nitrogens is 2. The molecular weight excluding hydrogens is 322 g/mol. The normalized spacial score (nSPS) is 17.2. The number of benzene rings is 1. The lowest BCUT2D eigenvalue weighted by Crippen LogP contribution is -2.39. The zero-order valence-corrected chi connectivity index (χ0v) is 14.3. The Kier molecular flexibility index (Phi) is 5.02. The van der Waals surface area contributed by atoms with E-state index in [1.807, 2.05) is 35.2 Å². The van der Waals surface area contributed by atoms with Crippen molar-refractivity contribution in [3.63, 3.8) is 0 Å². The van der Waals surface area contributed by atoms with Crippen LogP contribution in [-0.4, -0.2) is 48.6 Å². The third-order valence-electron chi connectivity index (χ3n) is 4.42. The third kappa shape index (κ3) is 3.65. The summed E-state index contributed by atoms with van der Waals surface area (Å²) >= 11 is 0. The van der Waals surface area contributed by atoms with Crippen LogP contribution >= 0.6 is 0 Å². The summed E-state index contributed by atoms with van der Waals surface area (Å²) in [6, 6.07) is 9.33. The predicted octanol–water partition coefficient (Wildman–Crippen LogP) is 2.46. The van der Waals surface area contributed by atoms with Crippen LogP contribution in [0.2, 0.25) is 0 Å². The molecular formula is C18H21N3O4. The Balaban J connectivity index is 1.79. The zero-order valence-electron chi connectivity index (χ0n) is 14.3. The summed E-state index contributed by atoms with van der Waals surface area (Å²) in [6.07, 6.45) is 1.55. The topological polar surface area (TPSA) is 84.8 Å². The van der Waals surface area contributed by atoms with E-state index >= 15 is 0 Å². The molecule has 0 saturated carbocycles. The highest BCUT2D eigenvalue weighted by molar-refractivity contribution is 5.71. The number of anilines is 1. The molecule has 1 aliphatic heterocycles. The molecule has 0 spiro atoms. The number of rotatable bonds is 5. The molecule has 0 bridgehead atoms. The van der Waals surface area contributed by atoms with Gasteiger partial charge in [0.05, 0.1) is 25.8 Å². The van der Waals surface area contributed by atoms with Crippen molar-refractivity contribution in [2.24, 2.45) is 5.92 Å². The first kappa shape index (κ1) is 17.0. The molecule has 1 unspecified atom stereocenters. The number of aliphatic carboxylic acids is 1. The van der Waals surface area contributed by atoms with Gasteiger partial charge in [0.25, 0.3) is 0 Å².